The molecule has 20 heavy (non-hydrogen) atoms. The van der Waals surface area contributed by atoms with Gasteiger partial charge in [-0.05, 0) is 31.0 Å². The molecule has 7 heteroatoms. The van der Waals surface area contributed by atoms with E-state index in [4.69, 9.17) is 5.73 Å². The third-order valence-electron chi connectivity index (χ3n) is 3.38. The van der Waals surface area contributed by atoms with Gasteiger partial charge in [0.25, 0.3) is 0 Å². The number of nitrogens with two attached hydrogens (primary N) is 1. The molecule has 2 rings (SSSR count). The predicted octanol–water partition coefficient (Wildman–Crippen LogP) is 1.04. The molecule has 0 saturated carbocycles. The van der Waals surface area contributed by atoms with Gasteiger partial charge in [0.1, 0.15) is 9.84 Å². The van der Waals surface area contributed by atoms with E-state index in [9.17, 15) is 13.2 Å². The molecule has 0 unspecified atom stereocenters. The molecule has 0 bridgehead atoms. The topological polar surface area (TPSA) is 98.5 Å². The molecule has 1 aromatic rings. The maximum atomic E-state index is 11.6. The smallest absolute Gasteiger partial charge is 0.340 e. The maximum absolute atomic E-state index is 11.6. The second-order valence-electron chi connectivity index (χ2n) is 4.86. The third kappa shape index (κ3) is 3.41. The zero-order chi connectivity index (χ0) is 14.8. The van der Waals surface area contributed by atoms with Crippen molar-refractivity contribution in [2.75, 3.05) is 29.7 Å². The van der Waals surface area contributed by atoms with E-state index in [1.165, 1.54) is 7.11 Å². The summed E-state index contributed by atoms with van der Waals surface area (Å²) in [5, 5.41) is 3.24. The molecule has 110 valence electrons. The van der Waals surface area contributed by atoms with Gasteiger partial charge in [0.05, 0.1) is 24.2 Å². The van der Waals surface area contributed by atoms with Gasteiger partial charge < -0.3 is 15.8 Å². The Hall–Kier alpha value is -1.76. The highest BCUT2D eigenvalue weighted by atomic mass is 32.2. The standard InChI is InChI=1S/C13H18N2O4S/c1-19-13(16)11-8-10(2-3-12(11)14)15-9-4-6-20(17,18)7-5-9/h2-3,8-9,15H,4-7,14H2,1H3. The molecule has 0 spiro atoms. The quantitative estimate of drug-likeness (QED) is 0.639. The van der Waals surface area contributed by atoms with Crippen LogP contribution in [0.25, 0.3) is 0 Å². The molecule has 0 aliphatic carbocycles. The number of carbonyl (C=O) groups is 1. The van der Waals surface area contributed by atoms with Gasteiger partial charge in [-0.15, -0.1) is 0 Å². The van der Waals surface area contributed by atoms with Crippen LogP contribution in [0.1, 0.15) is 23.2 Å². The molecule has 1 saturated heterocycles. The van der Waals surface area contributed by atoms with E-state index in [1.807, 2.05) is 0 Å². The van der Waals surface area contributed by atoms with Crippen molar-refractivity contribution in [3.05, 3.63) is 23.8 Å². The Morgan fingerprint density at radius 1 is 1.35 bits per heavy atom. The summed E-state index contributed by atoms with van der Waals surface area (Å²) in [6.45, 7) is 0. The Bertz CT molecular complexity index is 599. The van der Waals surface area contributed by atoms with Crippen LogP contribution in [0.2, 0.25) is 0 Å². The largest absolute Gasteiger partial charge is 0.465 e. The maximum Gasteiger partial charge on any atom is 0.340 e. The molecule has 1 aromatic carbocycles. The van der Waals surface area contributed by atoms with Crippen molar-refractivity contribution in [1.82, 2.24) is 0 Å². The van der Waals surface area contributed by atoms with Gasteiger partial charge in [0.15, 0.2) is 0 Å². The Morgan fingerprint density at radius 3 is 2.60 bits per heavy atom. The second-order valence-corrected chi connectivity index (χ2v) is 7.17. The molecule has 1 fully saturated rings. The van der Waals surface area contributed by atoms with Crippen LogP contribution in [0.15, 0.2) is 18.2 Å². The average Bonchev–Trinajstić information content (AvgIpc) is 2.42. The first-order valence-corrected chi connectivity index (χ1v) is 8.18. The van der Waals surface area contributed by atoms with Crippen LogP contribution in [0.3, 0.4) is 0 Å². The van der Waals surface area contributed by atoms with Gasteiger partial charge in [-0.2, -0.15) is 0 Å². The first-order valence-electron chi connectivity index (χ1n) is 6.36. The summed E-state index contributed by atoms with van der Waals surface area (Å²) in [5.41, 5.74) is 7.13. The van der Waals surface area contributed by atoms with E-state index in [-0.39, 0.29) is 17.5 Å². The van der Waals surface area contributed by atoms with Gasteiger partial charge in [0, 0.05) is 17.4 Å². The Balaban J connectivity index is 2.09. The van der Waals surface area contributed by atoms with E-state index >= 15 is 0 Å². The number of sulfone groups is 1. The zero-order valence-corrected chi connectivity index (χ0v) is 12.1. The lowest BCUT2D eigenvalue weighted by molar-refractivity contribution is 0.0602. The first-order chi connectivity index (χ1) is 9.41. The number of carbonyl (C=O) groups excluding carboxylic acids is 1. The molecule has 3 N–H and O–H groups in total. The second kappa shape index (κ2) is 5.70. The van der Waals surface area contributed by atoms with Crippen molar-refractivity contribution in [2.24, 2.45) is 0 Å². The van der Waals surface area contributed by atoms with E-state index in [2.05, 4.69) is 10.1 Å². The lowest BCUT2D eigenvalue weighted by Crippen LogP contribution is -2.32. The lowest BCUT2D eigenvalue weighted by Gasteiger charge is -2.24. The molecule has 1 aliphatic rings. The lowest BCUT2D eigenvalue weighted by atomic mass is 10.1. The first kappa shape index (κ1) is 14.6. The highest BCUT2D eigenvalue weighted by Crippen LogP contribution is 2.22. The molecular formula is C13H18N2O4S. The average molecular weight is 298 g/mol. The van der Waals surface area contributed by atoms with E-state index < -0.39 is 15.8 Å². The number of nitrogens with one attached hydrogen (secondary N) is 1. The third-order valence-corrected chi connectivity index (χ3v) is 5.10. The van der Waals surface area contributed by atoms with Gasteiger partial charge >= 0.3 is 5.97 Å². The number of benzene rings is 1. The number of anilines is 2. The van der Waals surface area contributed by atoms with E-state index in [0.717, 1.165) is 5.69 Å². The number of esters is 1. The van der Waals surface area contributed by atoms with Crippen molar-refractivity contribution < 1.29 is 17.9 Å². The zero-order valence-electron chi connectivity index (χ0n) is 11.3. The number of nitrogen functional groups attached to an aromatic ring is 1. The van der Waals surface area contributed by atoms with Gasteiger partial charge in [-0.1, -0.05) is 0 Å². The number of methoxy groups -OCH3 is 1. The molecule has 0 amide bonds. The van der Waals surface area contributed by atoms with Crippen molar-refractivity contribution in [2.45, 2.75) is 18.9 Å². The Morgan fingerprint density at radius 2 is 2.00 bits per heavy atom. The van der Waals surface area contributed by atoms with Crippen LogP contribution in [0.5, 0.6) is 0 Å². The summed E-state index contributed by atoms with van der Waals surface area (Å²) in [4.78, 5) is 11.6. The van der Waals surface area contributed by atoms with Gasteiger partial charge in [0.2, 0.25) is 0 Å². The van der Waals surface area contributed by atoms with Crippen LogP contribution in [0, 0.1) is 0 Å². The summed E-state index contributed by atoms with van der Waals surface area (Å²) in [6, 6.07) is 5.12. The minimum absolute atomic E-state index is 0.0904. The van der Waals surface area contributed by atoms with Crippen molar-refractivity contribution in [3.8, 4) is 0 Å². The van der Waals surface area contributed by atoms with Crippen LogP contribution in [-0.4, -0.2) is 39.0 Å². The van der Waals surface area contributed by atoms with Crippen LogP contribution in [-0.2, 0) is 14.6 Å². The molecule has 6 nitrogen and oxygen atoms in total. The van der Waals surface area contributed by atoms with Crippen molar-refractivity contribution in [1.29, 1.82) is 0 Å². The molecule has 1 aliphatic heterocycles. The summed E-state index contributed by atoms with van der Waals surface area (Å²) < 4.78 is 27.4. The van der Waals surface area contributed by atoms with Crippen molar-refractivity contribution in [3.63, 3.8) is 0 Å². The molecule has 0 aromatic heterocycles. The number of hydrogen-bond acceptors (Lipinski definition) is 6. The Kier molecular flexibility index (Phi) is 4.17. The minimum Gasteiger partial charge on any atom is -0.465 e. The highest BCUT2D eigenvalue weighted by molar-refractivity contribution is 7.91. The Labute approximate surface area is 118 Å². The van der Waals surface area contributed by atoms with Gasteiger partial charge in [-0.25, -0.2) is 13.2 Å². The fraction of sp³-hybridized carbons (Fsp3) is 0.462. The van der Waals surface area contributed by atoms with Crippen LogP contribution >= 0.6 is 0 Å². The number of hydrogen-bond donors (Lipinski definition) is 2. The normalized spacial score (nSPS) is 18.4. The number of rotatable bonds is 3. The van der Waals surface area contributed by atoms with Gasteiger partial charge in [-0.3, -0.25) is 0 Å². The summed E-state index contributed by atoms with van der Waals surface area (Å²) in [7, 11) is -1.57. The van der Waals surface area contributed by atoms with E-state index in [1.54, 1.807) is 18.2 Å². The summed E-state index contributed by atoms with van der Waals surface area (Å²) in [5.74, 6) is -0.0927. The fourth-order valence-corrected chi connectivity index (χ4v) is 3.69. The van der Waals surface area contributed by atoms with Crippen molar-refractivity contribution >= 4 is 27.2 Å². The van der Waals surface area contributed by atoms with Crippen LogP contribution < -0.4 is 11.1 Å². The summed E-state index contributed by atoms with van der Waals surface area (Å²) in [6.07, 6.45) is 1.14. The molecule has 0 atom stereocenters. The fourth-order valence-electron chi connectivity index (χ4n) is 2.20. The predicted molar refractivity (Wildman–Crippen MR) is 77.5 cm³/mol. The number of ether oxygens (including phenoxy) is 1. The minimum atomic E-state index is -2.87. The highest BCUT2D eigenvalue weighted by Gasteiger charge is 2.23. The monoisotopic (exact) mass is 298 g/mol. The molecule has 1 heterocycles. The molecule has 0 radical (unpaired) electrons. The van der Waals surface area contributed by atoms with Crippen LogP contribution in [0.4, 0.5) is 11.4 Å². The summed E-state index contributed by atoms with van der Waals surface area (Å²) >= 11 is 0. The SMILES string of the molecule is COC(=O)c1cc(NC2CCS(=O)(=O)CC2)ccc1N. The molecular weight excluding hydrogens is 280 g/mol. The van der Waals surface area contributed by atoms with E-state index in [0.29, 0.717) is 24.1 Å².